The third-order valence-corrected chi connectivity index (χ3v) is 3.23. The molecule has 1 aromatic rings. The van der Waals surface area contributed by atoms with Crippen LogP contribution in [0.5, 0.6) is 0 Å². The van der Waals surface area contributed by atoms with E-state index in [0.29, 0.717) is 6.42 Å². The Labute approximate surface area is 95.7 Å². The lowest BCUT2D eigenvalue weighted by atomic mass is 10.1. The number of nitrogens with zero attached hydrogens (tertiary/aromatic N) is 1. The minimum Gasteiger partial charge on any atom is -0.394 e. The van der Waals surface area contributed by atoms with Gasteiger partial charge in [-0.2, -0.15) is 0 Å². The molecule has 86 valence electrons. The fourth-order valence-corrected chi connectivity index (χ4v) is 2.36. The van der Waals surface area contributed by atoms with E-state index < -0.39 is 0 Å². The molecule has 1 aliphatic heterocycles. The molecule has 0 spiro atoms. The molecule has 1 heterocycles. The van der Waals surface area contributed by atoms with Crippen molar-refractivity contribution in [2.24, 2.45) is 0 Å². The van der Waals surface area contributed by atoms with Crippen molar-refractivity contribution in [3.05, 3.63) is 35.9 Å². The van der Waals surface area contributed by atoms with Crippen LogP contribution in [0.25, 0.3) is 0 Å². The maximum Gasteiger partial charge on any atom is 0.223 e. The molecule has 3 heteroatoms. The minimum atomic E-state index is -0.189. The Hall–Kier alpha value is -1.35. The minimum absolute atomic E-state index is 0.0138. The van der Waals surface area contributed by atoms with E-state index in [9.17, 15) is 9.90 Å². The molecule has 1 N–H and O–H groups in total. The molecule has 0 unspecified atom stereocenters. The lowest BCUT2D eigenvalue weighted by Crippen LogP contribution is -2.36. The van der Waals surface area contributed by atoms with Gasteiger partial charge in [0.05, 0.1) is 12.6 Å². The molecular weight excluding hydrogens is 202 g/mol. The highest BCUT2D eigenvalue weighted by atomic mass is 16.3. The number of aliphatic hydroxyl groups is 1. The van der Waals surface area contributed by atoms with Gasteiger partial charge in [-0.3, -0.25) is 4.79 Å². The summed E-state index contributed by atoms with van der Waals surface area (Å²) in [6.07, 6.45) is 1.49. The van der Waals surface area contributed by atoms with E-state index in [2.05, 4.69) is 0 Å². The summed E-state index contributed by atoms with van der Waals surface area (Å²) < 4.78 is 0. The van der Waals surface area contributed by atoms with Crippen LogP contribution in [0.1, 0.15) is 31.4 Å². The van der Waals surface area contributed by atoms with Crippen LogP contribution in [0.2, 0.25) is 0 Å². The van der Waals surface area contributed by atoms with E-state index in [1.165, 1.54) is 0 Å². The van der Waals surface area contributed by atoms with Gasteiger partial charge in [-0.05, 0) is 18.9 Å². The Morgan fingerprint density at radius 3 is 2.62 bits per heavy atom. The first-order chi connectivity index (χ1) is 7.74. The summed E-state index contributed by atoms with van der Waals surface area (Å²) >= 11 is 0. The number of carbonyl (C=O) groups excluding carboxylic acids is 1. The van der Waals surface area contributed by atoms with Crippen molar-refractivity contribution in [3.63, 3.8) is 0 Å². The summed E-state index contributed by atoms with van der Waals surface area (Å²) in [5, 5.41) is 9.48. The van der Waals surface area contributed by atoms with Crippen molar-refractivity contribution in [2.75, 3.05) is 6.61 Å². The van der Waals surface area contributed by atoms with Gasteiger partial charge in [0.1, 0.15) is 0 Å². The van der Waals surface area contributed by atoms with Crippen molar-refractivity contribution < 1.29 is 9.90 Å². The average molecular weight is 219 g/mol. The van der Waals surface area contributed by atoms with Gasteiger partial charge in [0.2, 0.25) is 5.91 Å². The zero-order valence-electron chi connectivity index (χ0n) is 9.47. The number of rotatable bonds is 3. The Bertz CT molecular complexity index is 363. The van der Waals surface area contributed by atoms with Gasteiger partial charge in [-0.25, -0.2) is 0 Å². The Morgan fingerprint density at radius 1 is 1.44 bits per heavy atom. The van der Waals surface area contributed by atoms with Gasteiger partial charge >= 0.3 is 0 Å². The van der Waals surface area contributed by atoms with Crippen LogP contribution < -0.4 is 0 Å². The van der Waals surface area contributed by atoms with Crippen molar-refractivity contribution in [1.82, 2.24) is 4.90 Å². The Kier molecular flexibility index (Phi) is 3.25. The Morgan fingerprint density at radius 2 is 2.12 bits per heavy atom. The van der Waals surface area contributed by atoms with Gasteiger partial charge in [0, 0.05) is 12.5 Å². The maximum absolute atomic E-state index is 11.8. The van der Waals surface area contributed by atoms with E-state index in [0.717, 1.165) is 12.0 Å². The van der Waals surface area contributed by atoms with Crippen LogP contribution in [0.4, 0.5) is 0 Å². The largest absolute Gasteiger partial charge is 0.394 e. The van der Waals surface area contributed by atoms with E-state index in [-0.39, 0.29) is 24.6 Å². The van der Waals surface area contributed by atoms with Gasteiger partial charge in [0.15, 0.2) is 0 Å². The first-order valence-corrected chi connectivity index (χ1v) is 5.71. The standard InChI is InChI=1S/C13H17NO2/c1-10-7-8-13(16)14(10)12(9-15)11-5-3-2-4-6-11/h2-6,10,12,15H,7-9H2,1H3/t10-,12+/m1/s1. The highest BCUT2D eigenvalue weighted by molar-refractivity contribution is 5.79. The van der Waals surface area contributed by atoms with Crippen LogP contribution in [0, 0.1) is 0 Å². The van der Waals surface area contributed by atoms with E-state index >= 15 is 0 Å². The molecule has 0 aliphatic carbocycles. The van der Waals surface area contributed by atoms with Gasteiger partial charge in [-0.1, -0.05) is 30.3 Å². The van der Waals surface area contributed by atoms with E-state index in [1.54, 1.807) is 0 Å². The molecule has 2 rings (SSSR count). The lowest BCUT2D eigenvalue weighted by molar-refractivity contribution is -0.132. The second-order valence-corrected chi connectivity index (χ2v) is 4.30. The molecule has 1 aliphatic rings. The third-order valence-electron chi connectivity index (χ3n) is 3.23. The second kappa shape index (κ2) is 4.66. The first kappa shape index (κ1) is 11.1. The fourth-order valence-electron chi connectivity index (χ4n) is 2.36. The SMILES string of the molecule is C[C@@H]1CCC(=O)N1[C@@H](CO)c1ccccc1. The number of hydrogen-bond acceptors (Lipinski definition) is 2. The zero-order valence-corrected chi connectivity index (χ0v) is 9.47. The average Bonchev–Trinajstić information content (AvgIpc) is 2.63. The van der Waals surface area contributed by atoms with Crippen LogP contribution >= 0.6 is 0 Å². The fraction of sp³-hybridized carbons (Fsp3) is 0.462. The van der Waals surface area contributed by atoms with Crippen molar-refractivity contribution in [3.8, 4) is 0 Å². The summed E-state index contributed by atoms with van der Waals surface area (Å²) in [5.74, 6) is 0.149. The maximum atomic E-state index is 11.8. The quantitative estimate of drug-likeness (QED) is 0.841. The topological polar surface area (TPSA) is 40.5 Å². The molecule has 0 aromatic heterocycles. The molecular formula is C13H17NO2. The predicted octanol–water partition coefficient (Wildman–Crippen LogP) is 1.73. The first-order valence-electron chi connectivity index (χ1n) is 5.71. The van der Waals surface area contributed by atoms with Crippen molar-refractivity contribution in [2.45, 2.75) is 31.8 Å². The predicted molar refractivity (Wildman–Crippen MR) is 61.8 cm³/mol. The summed E-state index contributed by atoms with van der Waals surface area (Å²) in [4.78, 5) is 13.6. The summed E-state index contributed by atoms with van der Waals surface area (Å²) in [6, 6.07) is 9.76. The van der Waals surface area contributed by atoms with Crippen molar-refractivity contribution in [1.29, 1.82) is 0 Å². The summed E-state index contributed by atoms with van der Waals surface area (Å²) in [7, 11) is 0. The molecule has 0 radical (unpaired) electrons. The van der Waals surface area contributed by atoms with Crippen LogP contribution in [0.3, 0.4) is 0 Å². The smallest absolute Gasteiger partial charge is 0.223 e. The number of benzene rings is 1. The highest BCUT2D eigenvalue weighted by Gasteiger charge is 2.33. The molecule has 1 fully saturated rings. The third kappa shape index (κ3) is 1.95. The number of carbonyl (C=O) groups is 1. The number of hydrogen-bond donors (Lipinski definition) is 1. The van der Waals surface area contributed by atoms with Gasteiger partial charge < -0.3 is 10.0 Å². The molecule has 0 saturated carbocycles. The molecule has 1 saturated heterocycles. The normalized spacial score (nSPS) is 22.5. The summed E-state index contributed by atoms with van der Waals surface area (Å²) in [5.41, 5.74) is 1.01. The van der Waals surface area contributed by atoms with E-state index in [1.807, 2.05) is 42.2 Å². The highest BCUT2D eigenvalue weighted by Crippen LogP contribution is 2.29. The molecule has 0 bridgehead atoms. The number of likely N-dealkylation sites (tertiary alicyclic amines) is 1. The molecule has 16 heavy (non-hydrogen) atoms. The second-order valence-electron chi connectivity index (χ2n) is 4.30. The zero-order chi connectivity index (χ0) is 11.5. The number of amides is 1. The van der Waals surface area contributed by atoms with Gasteiger partial charge in [0.25, 0.3) is 0 Å². The molecule has 2 atom stereocenters. The molecule has 3 nitrogen and oxygen atoms in total. The lowest BCUT2D eigenvalue weighted by Gasteiger charge is -2.30. The monoisotopic (exact) mass is 219 g/mol. The molecule has 1 amide bonds. The van der Waals surface area contributed by atoms with Crippen molar-refractivity contribution >= 4 is 5.91 Å². The van der Waals surface area contributed by atoms with Crippen LogP contribution in [0.15, 0.2) is 30.3 Å². The van der Waals surface area contributed by atoms with Gasteiger partial charge in [-0.15, -0.1) is 0 Å². The summed E-state index contributed by atoms with van der Waals surface area (Å²) in [6.45, 7) is 2.02. The van der Waals surface area contributed by atoms with E-state index in [4.69, 9.17) is 0 Å². The Balaban J connectivity index is 2.26. The number of aliphatic hydroxyl groups excluding tert-OH is 1. The van der Waals surface area contributed by atoms with Crippen LogP contribution in [-0.4, -0.2) is 28.6 Å². The van der Waals surface area contributed by atoms with Crippen LogP contribution in [-0.2, 0) is 4.79 Å². The molecule has 1 aromatic carbocycles.